The third-order valence-electron chi connectivity index (χ3n) is 3.43. The lowest BCUT2D eigenvalue weighted by molar-refractivity contribution is 0.340. The summed E-state index contributed by atoms with van der Waals surface area (Å²) in [5.74, 6) is 0.874. The van der Waals surface area contributed by atoms with Crippen molar-refractivity contribution in [2.45, 2.75) is 20.4 Å². The van der Waals surface area contributed by atoms with Gasteiger partial charge in [-0.2, -0.15) is 0 Å². The largest absolute Gasteiger partial charge is 0.494 e. The van der Waals surface area contributed by atoms with Gasteiger partial charge in [0.05, 0.1) is 19.3 Å². The van der Waals surface area contributed by atoms with E-state index in [0.29, 0.717) is 6.61 Å². The SMILES string of the molecule is CCOc1ccc(-c2cn(Cc3cccc(C)c3)nn2)cc1. The lowest BCUT2D eigenvalue weighted by atomic mass is 10.1. The Morgan fingerprint density at radius 2 is 1.91 bits per heavy atom. The summed E-state index contributed by atoms with van der Waals surface area (Å²) in [6, 6.07) is 16.4. The zero-order chi connectivity index (χ0) is 15.4. The summed E-state index contributed by atoms with van der Waals surface area (Å²) in [5.41, 5.74) is 4.39. The molecule has 4 heteroatoms. The van der Waals surface area contributed by atoms with Crippen LogP contribution in [0.25, 0.3) is 11.3 Å². The molecule has 0 saturated heterocycles. The molecule has 0 atom stereocenters. The van der Waals surface area contributed by atoms with E-state index < -0.39 is 0 Å². The molecule has 0 unspecified atom stereocenters. The Balaban J connectivity index is 1.75. The van der Waals surface area contributed by atoms with Crippen molar-refractivity contribution < 1.29 is 4.74 Å². The molecule has 0 spiro atoms. The van der Waals surface area contributed by atoms with Gasteiger partial charge < -0.3 is 4.74 Å². The van der Waals surface area contributed by atoms with Crippen LogP contribution < -0.4 is 4.74 Å². The van der Waals surface area contributed by atoms with Gasteiger partial charge in [-0.25, -0.2) is 4.68 Å². The quantitative estimate of drug-likeness (QED) is 0.720. The van der Waals surface area contributed by atoms with E-state index in [0.717, 1.165) is 23.6 Å². The maximum absolute atomic E-state index is 5.45. The molecule has 3 rings (SSSR count). The van der Waals surface area contributed by atoms with Crippen LogP contribution in [0.15, 0.2) is 54.7 Å². The molecule has 0 N–H and O–H groups in total. The van der Waals surface area contributed by atoms with E-state index in [1.165, 1.54) is 11.1 Å². The third kappa shape index (κ3) is 3.34. The van der Waals surface area contributed by atoms with Crippen LogP contribution in [0.3, 0.4) is 0 Å². The second kappa shape index (κ2) is 6.43. The summed E-state index contributed by atoms with van der Waals surface area (Å²) < 4.78 is 7.31. The van der Waals surface area contributed by atoms with Crippen molar-refractivity contribution in [1.29, 1.82) is 0 Å². The van der Waals surface area contributed by atoms with E-state index in [-0.39, 0.29) is 0 Å². The highest BCUT2D eigenvalue weighted by Gasteiger charge is 2.05. The van der Waals surface area contributed by atoms with Gasteiger partial charge in [-0.3, -0.25) is 0 Å². The molecular formula is C18H19N3O. The molecule has 0 aliphatic carbocycles. The first-order chi connectivity index (χ1) is 10.7. The first-order valence-electron chi connectivity index (χ1n) is 7.43. The normalized spacial score (nSPS) is 10.6. The predicted octanol–water partition coefficient (Wildman–Crippen LogP) is 3.70. The number of benzene rings is 2. The van der Waals surface area contributed by atoms with Gasteiger partial charge in [0.1, 0.15) is 11.4 Å². The van der Waals surface area contributed by atoms with Gasteiger partial charge in [0, 0.05) is 5.56 Å². The van der Waals surface area contributed by atoms with Gasteiger partial charge in [0.25, 0.3) is 0 Å². The molecule has 1 heterocycles. The number of aromatic nitrogens is 3. The molecule has 4 nitrogen and oxygen atoms in total. The minimum Gasteiger partial charge on any atom is -0.494 e. The van der Waals surface area contributed by atoms with Crippen molar-refractivity contribution in [2.75, 3.05) is 6.61 Å². The molecule has 0 bridgehead atoms. The van der Waals surface area contributed by atoms with Crippen LogP contribution in [0.2, 0.25) is 0 Å². The Bertz CT molecular complexity index is 747. The smallest absolute Gasteiger partial charge is 0.119 e. The number of nitrogens with zero attached hydrogens (tertiary/aromatic N) is 3. The predicted molar refractivity (Wildman–Crippen MR) is 86.9 cm³/mol. The molecule has 0 radical (unpaired) electrons. The highest BCUT2D eigenvalue weighted by Crippen LogP contribution is 2.20. The average Bonchev–Trinajstić information content (AvgIpc) is 2.97. The lowest BCUT2D eigenvalue weighted by Crippen LogP contribution is -2.00. The Morgan fingerprint density at radius 3 is 2.64 bits per heavy atom. The van der Waals surface area contributed by atoms with Gasteiger partial charge in [-0.15, -0.1) is 5.10 Å². The Morgan fingerprint density at radius 1 is 1.09 bits per heavy atom. The molecule has 2 aromatic carbocycles. The standard InChI is InChI=1S/C18H19N3O/c1-3-22-17-9-7-16(8-10-17)18-13-21(20-19-18)12-15-6-4-5-14(2)11-15/h4-11,13H,3,12H2,1-2H3. The minimum absolute atomic E-state index is 0.673. The fourth-order valence-corrected chi connectivity index (χ4v) is 2.39. The summed E-state index contributed by atoms with van der Waals surface area (Å²) in [6.07, 6.45) is 1.97. The zero-order valence-electron chi connectivity index (χ0n) is 12.9. The van der Waals surface area contributed by atoms with Crippen molar-refractivity contribution in [1.82, 2.24) is 15.0 Å². The van der Waals surface area contributed by atoms with Crippen LogP contribution in [-0.2, 0) is 6.54 Å². The summed E-state index contributed by atoms with van der Waals surface area (Å²) in [4.78, 5) is 0. The number of aryl methyl sites for hydroxylation is 1. The van der Waals surface area contributed by atoms with Crippen LogP contribution in [0.1, 0.15) is 18.1 Å². The number of rotatable bonds is 5. The monoisotopic (exact) mass is 293 g/mol. The molecule has 0 saturated carbocycles. The van der Waals surface area contributed by atoms with Crippen LogP contribution in [-0.4, -0.2) is 21.6 Å². The molecular weight excluding hydrogens is 274 g/mol. The molecule has 0 aliphatic rings. The van der Waals surface area contributed by atoms with Gasteiger partial charge in [-0.1, -0.05) is 35.0 Å². The fraction of sp³-hybridized carbons (Fsp3) is 0.222. The van der Waals surface area contributed by atoms with Crippen LogP contribution >= 0.6 is 0 Å². The van der Waals surface area contributed by atoms with Crippen molar-refractivity contribution in [3.05, 3.63) is 65.9 Å². The Kier molecular flexibility index (Phi) is 4.19. The van der Waals surface area contributed by atoms with Crippen LogP contribution in [0.4, 0.5) is 0 Å². The molecule has 0 amide bonds. The van der Waals surface area contributed by atoms with Crippen molar-refractivity contribution in [3.8, 4) is 17.0 Å². The summed E-state index contributed by atoms with van der Waals surface area (Å²) in [6.45, 7) is 5.47. The maximum Gasteiger partial charge on any atom is 0.119 e. The number of hydrogen-bond acceptors (Lipinski definition) is 3. The second-order valence-corrected chi connectivity index (χ2v) is 5.25. The highest BCUT2D eigenvalue weighted by atomic mass is 16.5. The van der Waals surface area contributed by atoms with E-state index in [1.807, 2.05) is 42.1 Å². The van der Waals surface area contributed by atoms with E-state index in [2.05, 4.69) is 41.5 Å². The maximum atomic E-state index is 5.45. The minimum atomic E-state index is 0.673. The van der Waals surface area contributed by atoms with Crippen LogP contribution in [0, 0.1) is 6.92 Å². The molecule has 1 aromatic heterocycles. The molecule has 0 fully saturated rings. The van der Waals surface area contributed by atoms with Gasteiger partial charge >= 0.3 is 0 Å². The zero-order valence-corrected chi connectivity index (χ0v) is 12.9. The van der Waals surface area contributed by atoms with Gasteiger partial charge in [0.2, 0.25) is 0 Å². The second-order valence-electron chi connectivity index (χ2n) is 5.25. The topological polar surface area (TPSA) is 39.9 Å². The first kappa shape index (κ1) is 14.3. The number of ether oxygens (including phenoxy) is 1. The molecule has 22 heavy (non-hydrogen) atoms. The van der Waals surface area contributed by atoms with Crippen LogP contribution in [0.5, 0.6) is 5.75 Å². The van der Waals surface area contributed by atoms with E-state index in [9.17, 15) is 0 Å². The molecule has 112 valence electrons. The Hall–Kier alpha value is -2.62. The average molecular weight is 293 g/mol. The van der Waals surface area contributed by atoms with E-state index >= 15 is 0 Å². The fourth-order valence-electron chi connectivity index (χ4n) is 2.39. The number of hydrogen-bond donors (Lipinski definition) is 0. The third-order valence-corrected chi connectivity index (χ3v) is 3.43. The molecule has 0 aliphatic heterocycles. The van der Waals surface area contributed by atoms with Gasteiger partial charge in [-0.05, 0) is 43.7 Å². The first-order valence-corrected chi connectivity index (χ1v) is 7.43. The highest BCUT2D eigenvalue weighted by molar-refractivity contribution is 5.58. The van der Waals surface area contributed by atoms with Crippen molar-refractivity contribution in [2.24, 2.45) is 0 Å². The van der Waals surface area contributed by atoms with Crippen molar-refractivity contribution in [3.63, 3.8) is 0 Å². The summed E-state index contributed by atoms with van der Waals surface area (Å²) in [5, 5.41) is 8.46. The van der Waals surface area contributed by atoms with E-state index in [1.54, 1.807) is 0 Å². The summed E-state index contributed by atoms with van der Waals surface area (Å²) >= 11 is 0. The van der Waals surface area contributed by atoms with E-state index in [4.69, 9.17) is 4.74 Å². The lowest BCUT2D eigenvalue weighted by Gasteiger charge is -2.03. The molecule has 3 aromatic rings. The summed E-state index contributed by atoms with van der Waals surface area (Å²) in [7, 11) is 0. The van der Waals surface area contributed by atoms with Gasteiger partial charge in [0.15, 0.2) is 0 Å². The van der Waals surface area contributed by atoms with Crippen molar-refractivity contribution >= 4 is 0 Å². The Labute approximate surface area is 130 Å².